The molecule has 1 N–H and O–H groups in total. The highest BCUT2D eigenvalue weighted by molar-refractivity contribution is 5.68. The first-order valence-corrected chi connectivity index (χ1v) is 6.03. The average Bonchev–Trinajstić information content (AvgIpc) is 2.41. The van der Waals surface area contributed by atoms with E-state index in [-0.39, 0.29) is 12.1 Å². The van der Waals surface area contributed by atoms with Crippen molar-refractivity contribution in [3.63, 3.8) is 0 Å². The van der Waals surface area contributed by atoms with Crippen molar-refractivity contribution in [2.45, 2.75) is 12.7 Å². The molecule has 0 saturated carbocycles. The number of rotatable bonds is 3. The Kier molecular flexibility index (Phi) is 4.09. The van der Waals surface area contributed by atoms with Crippen molar-refractivity contribution >= 4 is 0 Å². The molecule has 1 nitrogen and oxygen atoms in total. The molecule has 0 unspecified atom stereocenters. The van der Waals surface area contributed by atoms with Gasteiger partial charge in [0.25, 0.3) is 0 Å². The number of halogens is 4. The number of alkyl halides is 3. The topological polar surface area (TPSA) is 12.0 Å². The van der Waals surface area contributed by atoms with Crippen molar-refractivity contribution in [3.05, 3.63) is 59.4 Å². The van der Waals surface area contributed by atoms with Crippen LogP contribution in [0.4, 0.5) is 17.6 Å². The second kappa shape index (κ2) is 5.63. The predicted octanol–water partition coefficient (Wildman–Crippen LogP) is 4.23. The predicted molar refractivity (Wildman–Crippen MR) is 69.6 cm³/mol. The molecule has 2 aromatic carbocycles. The van der Waals surface area contributed by atoms with E-state index in [0.717, 1.165) is 6.07 Å². The van der Waals surface area contributed by atoms with Gasteiger partial charge in [-0.25, -0.2) is 4.39 Å². The lowest BCUT2D eigenvalue weighted by Crippen LogP contribution is -2.09. The van der Waals surface area contributed by atoms with Gasteiger partial charge in [-0.15, -0.1) is 0 Å². The van der Waals surface area contributed by atoms with Crippen molar-refractivity contribution in [1.29, 1.82) is 0 Å². The van der Waals surface area contributed by atoms with Gasteiger partial charge in [-0.05, 0) is 36.4 Å². The summed E-state index contributed by atoms with van der Waals surface area (Å²) in [7, 11) is 1.65. The summed E-state index contributed by atoms with van der Waals surface area (Å²) in [5.74, 6) is -0.437. The third kappa shape index (κ3) is 2.99. The van der Waals surface area contributed by atoms with Gasteiger partial charge in [0.15, 0.2) is 0 Å². The zero-order chi connectivity index (χ0) is 14.8. The third-order valence-corrected chi connectivity index (χ3v) is 2.96. The van der Waals surface area contributed by atoms with E-state index in [1.54, 1.807) is 7.05 Å². The van der Waals surface area contributed by atoms with Gasteiger partial charge in [0.05, 0.1) is 5.56 Å². The van der Waals surface area contributed by atoms with E-state index in [1.807, 2.05) is 0 Å². The van der Waals surface area contributed by atoms with Crippen LogP contribution in [0.5, 0.6) is 0 Å². The fourth-order valence-corrected chi connectivity index (χ4v) is 2.05. The standard InChI is InChI=1S/C15H13F4N/c1-20-9-11-8-10(6-7-14(11)16)12-4-2-3-5-13(12)15(17,18)19/h2-8,20H,9H2,1H3. The van der Waals surface area contributed by atoms with Gasteiger partial charge in [0, 0.05) is 12.1 Å². The molecule has 0 fully saturated rings. The molecule has 0 aliphatic heterocycles. The van der Waals surface area contributed by atoms with E-state index in [2.05, 4.69) is 5.32 Å². The lowest BCUT2D eigenvalue weighted by Gasteiger charge is -2.14. The van der Waals surface area contributed by atoms with Crippen LogP contribution in [0.2, 0.25) is 0 Å². The molecule has 0 aliphatic rings. The first kappa shape index (κ1) is 14.5. The van der Waals surface area contributed by atoms with Gasteiger partial charge < -0.3 is 5.32 Å². The number of benzene rings is 2. The largest absolute Gasteiger partial charge is 0.417 e. The zero-order valence-corrected chi connectivity index (χ0v) is 10.8. The van der Waals surface area contributed by atoms with E-state index in [4.69, 9.17) is 0 Å². The van der Waals surface area contributed by atoms with Gasteiger partial charge in [-0.2, -0.15) is 13.2 Å². The summed E-state index contributed by atoms with van der Waals surface area (Å²) in [4.78, 5) is 0. The molecule has 20 heavy (non-hydrogen) atoms. The van der Waals surface area contributed by atoms with E-state index in [9.17, 15) is 17.6 Å². The fourth-order valence-electron chi connectivity index (χ4n) is 2.05. The van der Waals surface area contributed by atoms with Crippen LogP contribution in [-0.2, 0) is 12.7 Å². The summed E-state index contributed by atoms with van der Waals surface area (Å²) in [5.41, 5.74) is 0.0194. The summed E-state index contributed by atoms with van der Waals surface area (Å²) in [6, 6.07) is 9.27. The normalized spacial score (nSPS) is 11.7. The van der Waals surface area contributed by atoms with Crippen LogP contribution in [0, 0.1) is 5.82 Å². The van der Waals surface area contributed by atoms with Gasteiger partial charge in [0.1, 0.15) is 5.82 Å². The van der Waals surface area contributed by atoms with Gasteiger partial charge in [-0.3, -0.25) is 0 Å². The van der Waals surface area contributed by atoms with Crippen LogP contribution in [0.25, 0.3) is 11.1 Å². The molecular formula is C15H13F4N. The lowest BCUT2D eigenvalue weighted by molar-refractivity contribution is -0.137. The van der Waals surface area contributed by atoms with Crippen LogP contribution < -0.4 is 5.32 Å². The Morgan fingerprint density at radius 1 is 1.05 bits per heavy atom. The number of hydrogen-bond donors (Lipinski definition) is 1. The molecule has 0 aromatic heterocycles. The second-order valence-corrected chi connectivity index (χ2v) is 4.38. The van der Waals surface area contributed by atoms with Gasteiger partial charge in [-0.1, -0.05) is 24.3 Å². The Morgan fingerprint density at radius 2 is 1.75 bits per heavy atom. The minimum absolute atomic E-state index is 0.0531. The van der Waals surface area contributed by atoms with Crippen molar-refractivity contribution in [1.82, 2.24) is 5.32 Å². The fraction of sp³-hybridized carbons (Fsp3) is 0.200. The maximum absolute atomic E-state index is 13.5. The Labute approximate surface area is 114 Å². The molecule has 0 saturated heterocycles. The molecule has 0 aliphatic carbocycles. The Balaban J connectivity index is 2.55. The summed E-state index contributed by atoms with van der Waals surface area (Å²) in [6.45, 7) is 0.258. The molecule has 2 aromatic rings. The lowest BCUT2D eigenvalue weighted by atomic mass is 9.97. The smallest absolute Gasteiger partial charge is 0.316 e. The first-order valence-electron chi connectivity index (χ1n) is 6.03. The summed E-state index contributed by atoms with van der Waals surface area (Å²) in [6.07, 6.45) is -4.44. The molecule has 5 heteroatoms. The molecular weight excluding hydrogens is 270 g/mol. The molecule has 0 amide bonds. The van der Waals surface area contributed by atoms with Crippen molar-refractivity contribution in [2.75, 3.05) is 7.05 Å². The van der Waals surface area contributed by atoms with Crippen molar-refractivity contribution in [2.24, 2.45) is 0 Å². The second-order valence-electron chi connectivity index (χ2n) is 4.38. The molecule has 0 radical (unpaired) electrons. The molecule has 0 spiro atoms. The van der Waals surface area contributed by atoms with E-state index < -0.39 is 17.6 Å². The minimum atomic E-state index is -4.44. The van der Waals surface area contributed by atoms with Crippen LogP contribution in [0.15, 0.2) is 42.5 Å². The quantitative estimate of drug-likeness (QED) is 0.831. The first-order chi connectivity index (χ1) is 9.43. The third-order valence-electron chi connectivity index (χ3n) is 2.96. The maximum atomic E-state index is 13.5. The van der Waals surface area contributed by atoms with Crippen LogP contribution in [0.1, 0.15) is 11.1 Å². The molecule has 0 bridgehead atoms. The minimum Gasteiger partial charge on any atom is -0.316 e. The number of hydrogen-bond acceptors (Lipinski definition) is 1. The highest BCUT2D eigenvalue weighted by Crippen LogP contribution is 2.37. The average molecular weight is 283 g/mol. The van der Waals surface area contributed by atoms with Crippen LogP contribution in [0.3, 0.4) is 0 Å². The molecule has 0 heterocycles. The molecule has 0 atom stereocenters. The highest BCUT2D eigenvalue weighted by atomic mass is 19.4. The van der Waals surface area contributed by atoms with E-state index in [0.29, 0.717) is 11.1 Å². The summed E-state index contributed by atoms with van der Waals surface area (Å²) < 4.78 is 52.5. The summed E-state index contributed by atoms with van der Waals surface area (Å²) >= 11 is 0. The van der Waals surface area contributed by atoms with Crippen LogP contribution in [-0.4, -0.2) is 7.05 Å². The highest BCUT2D eigenvalue weighted by Gasteiger charge is 2.33. The van der Waals surface area contributed by atoms with Gasteiger partial charge >= 0.3 is 6.18 Å². The molecule has 106 valence electrons. The van der Waals surface area contributed by atoms with Crippen molar-refractivity contribution < 1.29 is 17.6 Å². The van der Waals surface area contributed by atoms with E-state index in [1.165, 1.54) is 36.4 Å². The van der Waals surface area contributed by atoms with Gasteiger partial charge in [0.2, 0.25) is 0 Å². The Hall–Kier alpha value is -1.88. The number of nitrogens with one attached hydrogen (secondary N) is 1. The zero-order valence-electron chi connectivity index (χ0n) is 10.8. The Bertz CT molecular complexity index is 605. The summed E-state index contributed by atoms with van der Waals surface area (Å²) in [5, 5.41) is 2.79. The SMILES string of the molecule is CNCc1cc(-c2ccccc2C(F)(F)F)ccc1F. The Morgan fingerprint density at radius 3 is 2.40 bits per heavy atom. The van der Waals surface area contributed by atoms with E-state index >= 15 is 0 Å². The van der Waals surface area contributed by atoms with Crippen LogP contribution >= 0.6 is 0 Å². The van der Waals surface area contributed by atoms with Crippen molar-refractivity contribution in [3.8, 4) is 11.1 Å². The molecule has 2 rings (SSSR count). The monoisotopic (exact) mass is 283 g/mol. The maximum Gasteiger partial charge on any atom is 0.417 e.